The van der Waals surface area contributed by atoms with Crippen molar-refractivity contribution in [3.63, 3.8) is 0 Å². The summed E-state index contributed by atoms with van der Waals surface area (Å²) in [4.78, 5) is 11.7. The number of hydrogen-bond acceptors (Lipinski definition) is 3. The summed E-state index contributed by atoms with van der Waals surface area (Å²) in [6.07, 6.45) is 2.69. The SMILES string of the molecule is CC(C)(CN)NC(=O)C1CCCCO1.Cl. The van der Waals surface area contributed by atoms with E-state index in [1.54, 1.807) is 0 Å². The molecule has 0 saturated carbocycles. The lowest BCUT2D eigenvalue weighted by atomic mass is 10.0. The van der Waals surface area contributed by atoms with Gasteiger partial charge in [0.15, 0.2) is 0 Å². The van der Waals surface area contributed by atoms with E-state index in [-0.39, 0.29) is 30.0 Å². The van der Waals surface area contributed by atoms with Crippen LogP contribution in [-0.2, 0) is 9.53 Å². The molecule has 0 aromatic heterocycles. The van der Waals surface area contributed by atoms with Gasteiger partial charge in [0.2, 0.25) is 5.91 Å². The lowest BCUT2D eigenvalue weighted by Gasteiger charge is -2.28. The largest absolute Gasteiger partial charge is 0.368 e. The van der Waals surface area contributed by atoms with E-state index in [4.69, 9.17) is 10.5 Å². The molecule has 0 spiro atoms. The Morgan fingerprint density at radius 3 is 2.67 bits per heavy atom. The zero-order valence-electron chi connectivity index (χ0n) is 9.41. The minimum absolute atomic E-state index is 0. The highest BCUT2D eigenvalue weighted by Crippen LogP contribution is 2.13. The monoisotopic (exact) mass is 236 g/mol. The summed E-state index contributed by atoms with van der Waals surface area (Å²) in [7, 11) is 0. The fourth-order valence-corrected chi connectivity index (χ4v) is 1.41. The molecule has 1 aliphatic heterocycles. The van der Waals surface area contributed by atoms with E-state index < -0.39 is 0 Å². The molecule has 3 N–H and O–H groups in total. The van der Waals surface area contributed by atoms with Gasteiger partial charge in [-0.05, 0) is 33.1 Å². The van der Waals surface area contributed by atoms with E-state index in [1.165, 1.54) is 0 Å². The maximum absolute atomic E-state index is 11.7. The Balaban J connectivity index is 0.00000196. The van der Waals surface area contributed by atoms with Gasteiger partial charge in [-0.3, -0.25) is 4.79 Å². The van der Waals surface area contributed by atoms with Gasteiger partial charge in [-0.25, -0.2) is 0 Å². The molecule has 1 heterocycles. The van der Waals surface area contributed by atoms with Crippen LogP contribution in [0.3, 0.4) is 0 Å². The Morgan fingerprint density at radius 1 is 1.53 bits per heavy atom. The van der Waals surface area contributed by atoms with Gasteiger partial charge in [0.1, 0.15) is 6.10 Å². The van der Waals surface area contributed by atoms with Crippen molar-refractivity contribution < 1.29 is 9.53 Å². The normalized spacial score (nSPS) is 21.7. The van der Waals surface area contributed by atoms with E-state index in [1.807, 2.05) is 13.8 Å². The Bertz CT molecular complexity index is 204. The minimum Gasteiger partial charge on any atom is -0.368 e. The fraction of sp³-hybridized carbons (Fsp3) is 0.900. The molecule has 1 saturated heterocycles. The number of amides is 1. The maximum Gasteiger partial charge on any atom is 0.249 e. The number of nitrogens with two attached hydrogens (primary N) is 1. The summed E-state index contributed by atoms with van der Waals surface area (Å²) in [5, 5.41) is 2.89. The standard InChI is InChI=1S/C10H20N2O2.ClH/c1-10(2,7-11)12-9(13)8-5-3-4-6-14-8;/h8H,3-7,11H2,1-2H3,(H,12,13);1H. The smallest absolute Gasteiger partial charge is 0.249 e. The van der Waals surface area contributed by atoms with Crippen molar-refractivity contribution in [1.82, 2.24) is 5.32 Å². The molecule has 15 heavy (non-hydrogen) atoms. The van der Waals surface area contributed by atoms with E-state index in [0.29, 0.717) is 13.2 Å². The van der Waals surface area contributed by atoms with Crippen LogP contribution in [0, 0.1) is 0 Å². The Labute approximate surface area is 97.3 Å². The van der Waals surface area contributed by atoms with Crippen LogP contribution in [0.5, 0.6) is 0 Å². The van der Waals surface area contributed by atoms with Crippen molar-refractivity contribution in [1.29, 1.82) is 0 Å². The molecule has 1 atom stereocenters. The van der Waals surface area contributed by atoms with Crippen LogP contribution in [0.4, 0.5) is 0 Å². The second-order valence-electron chi connectivity index (χ2n) is 4.43. The third kappa shape index (κ3) is 4.82. The molecule has 90 valence electrons. The molecule has 1 amide bonds. The number of carbonyl (C=O) groups is 1. The molecular weight excluding hydrogens is 216 g/mol. The minimum atomic E-state index is -0.335. The number of hydrogen-bond donors (Lipinski definition) is 2. The van der Waals surface area contributed by atoms with Gasteiger partial charge in [-0.2, -0.15) is 0 Å². The van der Waals surface area contributed by atoms with Crippen LogP contribution in [0.25, 0.3) is 0 Å². The molecule has 1 aliphatic rings. The number of ether oxygens (including phenoxy) is 1. The lowest BCUT2D eigenvalue weighted by molar-refractivity contribution is -0.137. The molecule has 0 aliphatic carbocycles. The summed E-state index contributed by atoms with van der Waals surface area (Å²) in [5.41, 5.74) is 5.19. The van der Waals surface area contributed by atoms with Crippen molar-refractivity contribution in [3.8, 4) is 0 Å². The fourth-order valence-electron chi connectivity index (χ4n) is 1.41. The van der Waals surface area contributed by atoms with Gasteiger partial charge >= 0.3 is 0 Å². The van der Waals surface area contributed by atoms with Gasteiger partial charge < -0.3 is 15.8 Å². The van der Waals surface area contributed by atoms with E-state index in [2.05, 4.69) is 5.32 Å². The molecule has 0 bridgehead atoms. The van der Waals surface area contributed by atoms with E-state index in [9.17, 15) is 4.79 Å². The van der Waals surface area contributed by atoms with Crippen LogP contribution in [0.15, 0.2) is 0 Å². The highest BCUT2D eigenvalue weighted by molar-refractivity contribution is 5.85. The van der Waals surface area contributed by atoms with Gasteiger partial charge in [-0.15, -0.1) is 12.4 Å². The highest BCUT2D eigenvalue weighted by Gasteiger charge is 2.26. The van der Waals surface area contributed by atoms with Crippen LogP contribution >= 0.6 is 12.4 Å². The average Bonchev–Trinajstić information content (AvgIpc) is 2.19. The van der Waals surface area contributed by atoms with Crippen LogP contribution in [-0.4, -0.2) is 30.7 Å². The Morgan fingerprint density at radius 2 is 2.20 bits per heavy atom. The molecule has 5 heteroatoms. The van der Waals surface area contributed by atoms with E-state index >= 15 is 0 Å². The lowest BCUT2D eigenvalue weighted by Crippen LogP contribution is -2.52. The van der Waals surface area contributed by atoms with Crippen LogP contribution in [0.1, 0.15) is 33.1 Å². The predicted octanol–water partition coefficient (Wildman–Crippen LogP) is 0.831. The topological polar surface area (TPSA) is 64.3 Å². The average molecular weight is 237 g/mol. The maximum atomic E-state index is 11.7. The zero-order valence-corrected chi connectivity index (χ0v) is 10.2. The first kappa shape index (κ1) is 14.7. The number of carbonyl (C=O) groups excluding carboxylic acids is 1. The third-order valence-corrected chi connectivity index (χ3v) is 2.44. The number of nitrogens with one attached hydrogen (secondary N) is 1. The van der Waals surface area contributed by atoms with Crippen LogP contribution in [0.2, 0.25) is 0 Å². The first-order valence-corrected chi connectivity index (χ1v) is 5.19. The first-order chi connectivity index (χ1) is 6.55. The van der Waals surface area contributed by atoms with Gasteiger partial charge in [0, 0.05) is 18.7 Å². The van der Waals surface area contributed by atoms with Crippen molar-refractivity contribution in [2.45, 2.75) is 44.8 Å². The molecule has 0 aromatic carbocycles. The number of rotatable bonds is 3. The quantitative estimate of drug-likeness (QED) is 0.763. The third-order valence-electron chi connectivity index (χ3n) is 2.44. The molecule has 4 nitrogen and oxygen atoms in total. The number of halogens is 1. The summed E-state index contributed by atoms with van der Waals surface area (Å²) < 4.78 is 5.38. The zero-order chi connectivity index (χ0) is 10.6. The Hall–Kier alpha value is -0.320. The predicted molar refractivity (Wildman–Crippen MR) is 62.1 cm³/mol. The Kier molecular flexibility index (Phi) is 6.17. The van der Waals surface area contributed by atoms with Crippen molar-refractivity contribution >= 4 is 18.3 Å². The molecule has 1 fully saturated rings. The highest BCUT2D eigenvalue weighted by atomic mass is 35.5. The summed E-state index contributed by atoms with van der Waals surface area (Å²) >= 11 is 0. The first-order valence-electron chi connectivity index (χ1n) is 5.19. The van der Waals surface area contributed by atoms with Crippen molar-refractivity contribution in [2.24, 2.45) is 5.73 Å². The summed E-state index contributed by atoms with van der Waals surface area (Å²) in [6, 6.07) is 0. The second-order valence-corrected chi connectivity index (χ2v) is 4.43. The molecule has 1 unspecified atom stereocenters. The molecule has 0 radical (unpaired) electrons. The second kappa shape index (κ2) is 6.30. The summed E-state index contributed by atoms with van der Waals surface area (Å²) in [5.74, 6) is -0.0276. The van der Waals surface area contributed by atoms with Gasteiger partial charge in [-0.1, -0.05) is 0 Å². The summed E-state index contributed by atoms with van der Waals surface area (Å²) in [6.45, 7) is 4.95. The van der Waals surface area contributed by atoms with Crippen LogP contribution < -0.4 is 11.1 Å². The molecule has 1 rings (SSSR count). The van der Waals surface area contributed by atoms with Gasteiger partial charge in [0.25, 0.3) is 0 Å². The van der Waals surface area contributed by atoms with Crippen molar-refractivity contribution in [3.05, 3.63) is 0 Å². The van der Waals surface area contributed by atoms with Gasteiger partial charge in [0.05, 0.1) is 0 Å². The molecular formula is C10H21ClN2O2. The van der Waals surface area contributed by atoms with Crippen molar-refractivity contribution in [2.75, 3.05) is 13.2 Å². The van der Waals surface area contributed by atoms with E-state index in [0.717, 1.165) is 19.3 Å². The molecule has 0 aromatic rings.